The van der Waals surface area contributed by atoms with Crippen LogP contribution in [-0.4, -0.2) is 41.1 Å². The van der Waals surface area contributed by atoms with Crippen molar-refractivity contribution in [3.8, 4) is 0 Å². The van der Waals surface area contributed by atoms with Crippen molar-refractivity contribution in [1.82, 2.24) is 19.9 Å². The fourth-order valence-electron chi connectivity index (χ4n) is 2.51. The summed E-state index contributed by atoms with van der Waals surface area (Å²) in [5.74, 6) is 0.508. The molecular weight excluding hydrogens is 314 g/mol. The van der Waals surface area contributed by atoms with E-state index < -0.39 is 0 Å². The van der Waals surface area contributed by atoms with Crippen LogP contribution in [0.15, 0.2) is 55.0 Å². The highest BCUT2D eigenvalue weighted by Gasteiger charge is 2.01. The number of fused-ring (bicyclic) bond motifs is 1. The number of rotatable bonds is 6. The van der Waals surface area contributed by atoms with E-state index in [-0.39, 0.29) is 5.91 Å². The van der Waals surface area contributed by atoms with Gasteiger partial charge in [-0.1, -0.05) is 18.2 Å². The van der Waals surface area contributed by atoms with Crippen molar-refractivity contribution in [1.29, 1.82) is 0 Å². The maximum atomic E-state index is 11.9. The second kappa shape index (κ2) is 7.61. The Bertz CT molecular complexity index is 880. The van der Waals surface area contributed by atoms with Crippen LogP contribution in [-0.2, 0) is 11.3 Å². The van der Waals surface area contributed by atoms with Crippen LogP contribution in [0.5, 0.6) is 0 Å². The van der Waals surface area contributed by atoms with Gasteiger partial charge >= 0.3 is 0 Å². The summed E-state index contributed by atoms with van der Waals surface area (Å²) >= 11 is 0. The van der Waals surface area contributed by atoms with Crippen LogP contribution >= 0.6 is 0 Å². The summed E-state index contributed by atoms with van der Waals surface area (Å²) in [7, 11) is 3.76. The Morgan fingerprint density at radius 1 is 1.20 bits per heavy atom. The van der Waals surface area contributed by atoms with Gasteiger partial charge in [-0.3, -0.25) is 4.79 Å². The summed E-state index contributed by atoms with van der Waals surface area (Å²) in [5, 5.41) is 4.09. The molecule has 1 aromatic carbocycles. The van der Waals surface area contributed by atoms with Gasteiger partial charge in [0.15, 0.2) is 0 Å². The molecule has 0 unspecified atom stereocenters. The Hall–Kier alpha value is -3.15. The number of anilines is 1. The molecule has 2 aromatic heterocycles. The summed E-state index contributed by atoms with van der Waals surface area (Å²) in [6, 6.07) is 10.3. The Kier molecular flexibility index (Phi) is 5.09. The van der Waals surface area contributed by atoms with Gasteiger partial charge in [0.05, 0.1) is 0 Å². The van der Waals surface area contributed by atoms with Crippen LogP contribution in [0.2, 0.25) is 0 Å². The van der Waals surface area contributed by atoms with Gasteiger partial charge < -0.3 is 14.8 Å². The maximum Gasteiger partial charge on any atom is 0.244 e. The second-order valence-electron chi connectivity index (χ2n) is 5.90. The van der Waals surface area contributed by atoms with Gasteiger partial charge in [-0.15, -0.1) is 0 Å². The molecule has 25 heavy (non-hydrogen) atoms. The average Bonchev–Trinajstić information content (AvgIpc) is 3.04. The van der Waals surface area contributed by atoms with Crippen molar-refractivity contribution in [3.05, 3.63) is 60.6 Å². The summed E-state index contributed by atoms with van der Waals surface area (Å²) < 4.78 is 2.13. The highest BCUT2D eigenvalue weighted by atomic mass is 16.1. The Morgan fingerprint density at radius 2 is 1.96 bits per heavy atom. The molecule has 0 saturated heterocycles. The fraction of sp³-hybridized carbons (Fsp3) is 0.211. The topological polar surface area (TPSA) is 63.1 Å². The minimum absolute atomic E-state index is 0.131. The molecule has 0 aliphatic rings. The van der Waals surface area contributed by atoms with Crippen molar-refractivity contribution >= 4 is 28.8 Å². The van der Waals surface area contributed by atoms with Gasteiger partial charge in [-0.2, -0.15) is 0 Å². The predicted molar refractivity (Wildman–Crippen MR) is 100 cm³/mol. The van der Waals surface area contributed by atoms with Crippen molar-refractivity contribution in [2.45, 2.75) is 6.54 Å². The summed E-state index contributed by atoms with van der Waals surface area (Å²) in [6.45, 7) is 1.30. The van der Waals surface area contributed by atoms with Gasteiger partial charge in [-0.05, 0) is 23.6 Å². The van der Waals surface area contributed by atoms with Gasteiger partial charge in [0.2, 0.25) is 11.9 Å². The lowest BCUT2D eigenvalue weighted by molar-refractivity contribution is -0.116. The van der Waals surface area contributed by atoms with Crippen molar-refractivity contribution in [3.63, 3.8) is 0 Å². The zero-order valence-corrected chi connectivity index (χ0v) is 14.4. The lowest BCUT2D eigenvalue weighted by Gasteiger charge is -2.08. The molecule has 0 bridgehead atoms. The maximum absolute atomic E-state index is 11.9. The fourth-order valence-corrected chi connectivity index (χ4v) is 2.51. The molecule has 0 fully saturated rings. The Morgan fingerprint density at radius 3 is 2.72 bits per heavy atom. The number of para-hydroxylation sites is 1. The summed E-state index contributed by atoms with van der Waals surface area (Å²) in [5.41, 5.74) is 1.96. The zero-order chi connectivity index (χ0) is 17.6. The van der Waals surface area contributed by atoms with E-state index >= 15 is 0 Å². The minimum Gasteiger partial charge on any atom is -0.351 e. The molecule has 0 spiro atoms. The second-order valence-corrected chi connectivity index (χ2v) is 5.90. The predicted octanol–water partition coefficient (Wildman–Crippen LogP) is 2.33. The summed E-state index contributed by atoms with van der Waals surface area (Å²) in [4.78, 5) is 22.2. The standard InChI is InChI=1S/C19H21N5O/c1-23(2)19-21-13-15(14-22-19)7-8-18(25)20-10-12-24-11-9-16-5-3-4-6-17(16)24/h3-9,11,13-14H,10,12H2,1-2H3,(H,20,25). The van der Waals surface area contributed by atoms with Gasteiger partial charge in [-0.25, -0.2) is 9.97 Å². The molecule has 3 rings (SSSR count). The van der Waals surface area contributed by atoms with E-state index in [4.69, 9.17) is 0 Å². The van der Waals surface area contributed by atoms with E-state index in [2.05, 4.69) is 38.1 Å². The molecule has 0 atom stereocenters. The molecule has 6 heteroatoms. The third-order valence-electron chi connectivity index (χ3n) is 3.82. The monoisotopic (exact) mass is 335 g/mol. The van der Waals surface area contributed by atoms with Crippen LogP contribution in [0.3, 0.4) is 0 Å². The van der Waals surface area contributed by atoms with E-state index in [0.717, 1.165) is 12.1 Å². The first-order valence-electron chi connectivity index (χ1n) is 8.12. The average molecular weight is 335 g/mol. The SMILES string of the molecule is CN(C)c1ncc(C=CC(=O)NCCn2ccc3ccccc32)cn1. The minimum atomic E-state index is -0.131. The highest BCUT2D eigenvalue weighted by Crippen LogP contribution is 2.14. The van der Waals surface area contributed by atoms with E-state index in [1.165, 1.54) is 17.0 Å². The number of carbonyl (C=O) groups is 1. The molecule has 3 aromatic rings. The first-order chi connectivity index (χ1) is 12.1. The van der Waals surface area contributed by atoms with Crippen molar-refractivity contribution in [2.24, 2.45) is 0 Å². The molecule has 1 N–H and O–H groups in total. The first kappa shape index (κ1) is 16.7. The number of hydrogen-bond acceptors (Lipinski definition) is 4. The Balaban J connectivity index is 1.51. The third kappa shape index (κ3) is 4.23. The van der Waals surface area contributed by atoms with Crippen LogP contribution in [0.4, 0.5) is 5.95 Å². The lowest BCUT2D eigenvalue weighted by Crippen LogP contribution is -2.25. The third-order valence-corrected chi connectivity index (χ3v) is 3.82. The highest BCUT2D eigenvalue weighted by molar-refractivity contribution is 5.91. The molecule has 128 valence electrons. The van der Waals surface area contributed by atoms with Crippen molar-refractivity contribution in [2.75, 3.05) is 25.5 Å². The zero-order valence-electron chi connectivity index (χ0n) is 14.4. The molecule has 6 nitrogen and oxygen atoms in total. The quantitative estimate of drug-likeness (QED) is 0.702. The van der Waals surface area contributed by atoms with E-state index in [9.17, 15) is 4.79 Å². The first-order valence-corrected chi connectivity index (χ1v) is 8.12. The number of hydrogen-bond donors (Lipinski definition) is 1. The molecule has 2 heterocycles. The van der Waals surface area contributed by atoms with Crippen molar-refractivity contribution < 1.29 is 4.79 Å². The van der Waals surface area contributed by atoms with Gasteiger partial charge in [0.25, 0.3) is 0 Å². The molecule has 0 aliphatic carbocycles. The molecule has 0 radical (unpaired) electrons. The van der Waals surface area contributed by atoms with Crippen LogP contribution in [0, 0.1) is 0 Å². The van der Waals surface area contributed by atoms with Crippen LogP contribution < -0.4 is 10.2 Å². The number of amides is 1. The number of aromatic nitrogens is 3. The number of nitrogens with zero attached hydrogens (tertiary/aromatic N) is 4. The Labute approximate surface area is 146 Å². The summed E-state index contributed by atoms with van der Waals surface area (Å²) in [6.07, 6.45) is 8.63. The van der Waals surface area contributed by atoms with E-state index in [1.54, 1.807) is 18.5 Å². The van der Waals surface area contributed by atoms with Crippen LogP contribution in [0.25, 0.3) is 17.0 Å². The number of benzene rings is 1. The smallest absolute Gasteiger partial charge is 0.244 e. The van der Waals surface area contributed by atoms with E-state index in [1.807, 2.05) is 37.3 Å². The largest absolute Gasteiger partial charge is 0.351 e. The van der Waals surface area contributed by atoms with Gasteiger partial charge in [0, 0.05) is 62.9 Å². The number of nitrogens with one attached hydrogen (secondary N) is 1. The lowest BCUT2D eigenvalue weighted by atomic mass is 10.2. The molecule has 0 aliphatic heterocycles. The van der Waals surface area contributed by atoms with Crippen LogP contribution in [0.1, 0.15) is 5.56 Å². The molecular formula is C19H21N5O. The molecule has 0 saturated carbocycles. The number of carbonyl (C=O) groups excluding carboxylic acids is 1. The van der Waals surface area contributed by atoms with Gasteiger partial charge in [0.1, 0.15) is 0 Å². The van der Waals surface area contributed by atoms with E-state index in [0.29, 0.717) is 12.5 Å². The normalized spacial score (nSPS) is 11.1. The molecule has 1 amide bonds.